The minimum absolute atomic E-state index is 0.258. The molecule has 0 saturated heterocycles. The summed E-state index contributed by atoms with van der Waals surface area (Å²) < 4.78 is 0. The average Bonchev–Trinajstić information content (AvgIpc) is 2.06. The van der Waals surface area contributed by atoms with E-state index in [0.29, 0.717) is 23.8 Å². The highest BCUT2D eigenvalue weighted by Crippen LogP contribution is 1.71. The molecule has 56 valence electrons. The molecule has 1 aliphatic rings. The normalized spacial score (nSPS) is 14.5. The Hall–Kier alpha value is -1.52. The number of aromatic nitrogens is 2. The smallest absolute Gasteiger partial charge is 0.279 e. The van der Waals surface area contributed by atoms with Gasteiger partial charge in [-0.15, -0.1) is 0 Å². The van der Waals surface area contributed by atoms with Crippen molar-refractivity contribution in [3.8, 4) is 0 Å². The minimum atomic E-state index is -0.258. The van der Waals surface area contributed by atoms with Crippen molar-refractivity contribution in [3.05, 3.63) is 27.3 Å². The molecule has 0 unspecified atom stereocenters. The summed E-state index contributed by atoms with van der Waals surface area (Å²) in [6.07, 6.45) is 1.51. The quantitative estimate of drug-likeness (QED) is 0.465. The van der Waals surface area contributed by atoms with Crippen LogP contribution in [0, 0.1) is 0 Å². The molecule has 5 heteroatoms. The molecule has 2 heterocycles. The van der Waals surface area contributed by atoms with E-state index in [9.17, 15) is 4.79 Å². The molecule has 0 spiro atoms. The third-order valence-corrected chi connectivity index (χ3v) is 1.46. The van der Waals surface area contributed by atoms with E-state index in [-0.39, 0.29) is 5.56 Å². The van der Waals surface area contributed by atoms with Crippen LogP contribution in [-0.4, -0.2) is 23.3 Å². The topological polar surface area (TPSA) is 70.5 Å². The Kier molecular flexibility index (Phi) is 1.28. The van der Waals surface area contributed by atoms with Gasteiger partial charge in [-0.05, 0) is 0 Å². The minimum Gasteiger partial charge on any atom is -0.279 e. The van der Waals surface area contributed by atoms with Gasteiger partial charge >= 0.3 is 0 Å². The summed E-state index contributed by atoms with van der Waals surface area (Å²) in [5, 5.41) is 6.91. The van der Waals surface area contributed by atoms with Crippen LogP contribution in [0.25, 0.3) is 0 Å². The molecular weight excluding hydrogens is 144 g/mol. The van der Waals surface area contributed by atoms with Crippen LogP contribution in [-0.2, 0) is 0 Å². The molecule has 11 heavy (non-hydrogen) atoms. The highest BCUT2D eigenvalue weighted by Gasteiger charge is 1.97. The number of rotatable bonds is 0. The molecule has 1 aromatic rings. The number of aromatic amines is 1. The van der Waals surface area contributed by atoms with Crippen LogP contribution in [0.2, 0.25) is 0 Å². The van der Waals surface area contributed by atoms with Crippen molar-refractivity contribution in [2.45, 2.75) is 0 Å². The first kappa shape index (κ1) is 6.21. The van der Waals surface area contributed by atoms with Crippen LogP contribution in [0.15, 0.2) is 21.0 Å². The number of hydrogen-bond donors (Lipinski definition) is 1. The van der Waals surface area contributed by atoms with Gasteiger partial charge in [-0.3, -0.25) is 14.8 Å². The second-order valence-electron chi connectivity index (χ2n) is 2.20. The summed E-state index contributed by atoms with van der Waals surface area (Å²) >= 11 is 0. The van der Waals surface area contributed by atoms with Gasteiger partial charge < -0.3 is 0 Å². The van der Waals surface area contributed by atoms with E-state index in [2.05, 4.69) is 20.2 Å². The lowest BCUT2D eigenvalue weighted by molar-refractivity contribution is 0.816. The zero-order valence-electron chi connectivity index (χ0n) is 5.74. The molecule has 5 nitrogen and oxygen atoms in total. The van der Waals surface area contributed by atoms with Gasteiger partial charge in [-0.1, -0.05) is 0 Å². The van der Waals surface area contributed by atoms with Gasteiger partial charge in [0.25, 0.3) is 5.56 Å². The summed E-state index contributed by atoms with van der Waals surface area (Å²) in [5.41, 5.74) is -0.258. The monoisotopic (exact) mass is 150 g/mol. The third kappa shape index (κ3) is 0.938. The van der Waals surface area contributed by atoms with Crippen molar-refractivity contribution in [3.63, 3.8) is 0 Å². The van der Waals surface area contributed by atoms with E-state index >= 15 is 0 Å². The van der Waals surface area contributed by atoms with E-state index in [1.165, 1.54) is 6.20 Å². The van der Waals surface area contributed by atoms with E-state index in [1.807, 2.05) is 0 Å². The molecular formula is C6H6N4O. The summed E-state index contributed by atoms with van der Waals surface area (Å²) in [4.78, 5) is 19.1. The van der Waals surface area contributed by atoms with Crippen molar-refractivity contribution in [1.82, 2.24) is 10.2 Å². The van der Waals surface area contributed by atoms with Crippen LogP contribution in [0.3, 0.4) is 0 Å². The Labute approximate surface area is 61.5 Å². The molecule has 0 saturated carbocycles. The van der Waals surface area contributed by atoms with Crippen LogP contribution in [0.5, 0.6) is 0 Å². The molecule has 0 aromatic carbocycles. The molecule has 1 aromatic heterocycles. The van der Waals surface area contributed by atoms with Gasteiger partial charge in [0.2, 0.25) is 0 Å². The fourth-order valence-corrected chi connectivity index (χ4v) is 0.983. The Morgan fingerprint density at radius 3 is 3.00 bits per heavy atom. The number of hydrogen-bond acceptors (Lipinski definition) is 4. The fraction of sp³-hybridized carbons (Fsp3) is 0.333. The number of nitrogens with one attached hydrogen (secondary N) is 1. The number of nitrogens with zero attached hydrogens (tertiary/aromatic N) is 3. The molecule has 0 bridgehead atoms. The highest BCUT2D eigenvalue weighted by molar-refractivity contribution is 4.88. The molecule has 0 atom stereocenters. The second-order valence-corrected chi connectivity index (χ2v) is 2.20. The largest absolute Gasteiger partial charge is 0.291 e. The standard InChI is InChI=1S/C6H6N4O/c11-6-5-4(3-9-10-6)7-1-2-8-5/h3H,1-2H2,(H,10,11). The average molecular weight is 150 g/mol. The van der Waals surface area contributed by atoms with Crippen molar-refractivity contribution in [1.29, 1.82) is 0 Å². The summed E-state index contributed by atoms with van der Waals surface area (Å²) in [7, 11) is 0. The predicted octanol–water partition coefficient (Wildman–Crippen LogP) is -1.98. The summed E-state index contributed by atoms with van der Waals surface area (Å²) in [5.74, 6) is 0. The van der Waals surface area contributed by atoms with Crippen molar-refractivity contribution in [2.24, 2.45) is 9.98 Å². The maximum Gasteiger partial charge on any atom is 0.291 e. The molecule has 0 aliphatic carbocycles. The number of H-pyrrole nitrogens is 1. The van der Waals surface area contributed by atoms with Crippen LogP contribution in [0.1, 0.15) is 0 Å². The van der Waals surface area contributed by atoms with E-state index in [0.717, 1.165) is 0 Å². The predicted molar refractivity (Wildman–Crippen MR) is 36.9 cm³/mol. The molecule has 1 aliphatic heterocycles. The Morgan fingerprint density at radius 2 is 2.18 bits per heavy atom. The maximum absolute atomic E-state index is 11.0. The lowest BCUT2D eigenvalue weighted by Gasteiger charge is -1.95. The Balaban J connectivity index is 3.00. The van der Waals surface area contributed by atoms with Crippen LogP contribution in [0.4, 0.5) is 0 Å². The van der Waals surface area contributed by atoms with Gasteiger partial charge in [-0.25, -0.2) is 5.10 Å². The van der Waals surface area contributed by atoms with Gasteiger partial charge in [-0.2, -0.15) is 5.10 Å². The molecule has 0 radical (unpaired) electrons. The first-order chi connectivity index (χ1) is 5.38. The molecule has 2 rings (SSSR count). The van der Waals surface area contributed by atoms with Crippen molar-refractivity contribution < 1.29 is 0 Å². The van der Waals surface area contributed by atoms with Gasteiger partial charge in [0.05, 0.1) is 19.3 Å². The van der Waals surface area contributed by atoms with Crippen molar-refractivity contribution in [2.75, 3.05) is 13.1 Å². The lowest BCUT2D eigenvalue weighted by atomic mass is 10.4. The first-order valence-corrected chi connectivity index (χ1v) is 3.30. The molecule has 0 fully saturated rings. The van der Waals surface area contributed by atoms with E-state index in [4.69, 9.17) is 0 Å². The van der Waals surface area contributed by atoms with Crippen molar-refractivity contribution >= 4 is 0 Å². The van der Waals surface area contributed by atoms with E-state index < -0.39 is 0 Å². The van der Waals surface area contributed by atoms with Gasteiger partial charge in [0, 0.05) is 0 Å². The Morgan fingerprint density at radius 1 is 1.36 bits per heavy atom. The van der Waals surface area contributed by atoms with Gasteiger partial charge in [0.15, 0.2) is 5.36 Å². The lowest BCUT2D eigenvalue weighted by Crippen LogP contribution is -2.44. The van der Waals surface area contributed by atoms with Crippen LogP contribution >= 0.6 is 0 Å². The second kappa shape index (κ2) is 2.26. The molecule has 1 N–H and O–H groups in total. The fourth-order valence-electron chi connectivity index (χ4n) is 0.983. The summed E-state index contributed by atoms with van der Waals surface area (Å²) in [6.45, 7) is 1.25. The summed E-state index contributed by atoms with van der Waals surface area (Å²) in [6, 6.07) is 0. The van der Waals surface area contributed by atoms with E-state index in [1.54, 1.807) is 0 Å². The van der Waals surface area contributed by atoms with Crippen LogP contribution < -0.4 is 16.3 Å². The van der Waals surface area contributed by atoms with Gasteiger partial charge in [0.1, 0.15) is 5.36 Å². The number of fused-ring (bicyclic) bond motifs is 1. The highest BCUT2D eigenvalue weighted by atomic mass is 16.1. The first-order valence-electron chi connectivity index (χ1n) is 3.30. The zero-order chi connectivity index (χ0) is 7.68. The third-order valence-electron chi connectivity index (χ3n) is 1.46. The Bertz CT molecular complexity index is 433. The maximum atomic E-state index is 11.0. The SMILES string of the molecule is O=c1[nH]ncc2c1=NCCN=2. The molecule has 0 amide bonds. The zero-order valence-corrected chi connectivity index (χ0v) is 5.74.